The van der Waals surface area contributed by atoms with Gasteiger partial charge in [0.25, 0.3) is 5.91 Å². The molecule has 4 amide bonds. The van der Waals surface area contributed by atoms with Crippen LogP contribution >= 0.6 is 0 Å². The van der Waals surface area contributed by atoms with E-state index in [1.54, 1.807) is 23.2 Å². The SMILES string of the molecule is O=C(c1cccnc1)[C@H]1CCCN(C(=O)CN2C(=O)CNC2=O)C1. The number of urea groups is 1. The van der Waals surface area contributed by atoms with E-state index < -0.39 is 11.9 Å². The third-order valence-electron chi connectivity index (χ3n) is 4.32. The number of carbonyl (C=O) groups is 4. The molecule has 0 saturated carbocycles. The van der Waals surface area contributed by atoms with Gasteiger partial charge in [-0.2, -0.15) is 0 Å². The number of hydrogen-bond acceptors (Lipinski definition) is 5. The van der Waals surface area contributed by atoms with Gasteiger partial charge in [-0.05, 0) is 25.0 Å². The summed E-state index contributed by atoms with van der Waals surface area (Å²) >= 11 is 0. The molecule has 1 aromatic heterocycles. The van der Waals surface area contributed by atoms with Gasteiger partial charge in [-0.3, -0.25) is 24.3 Å². The molecule has 1 N–H and O–H groups in total. The third-order valence-corrected chi connectivity index (χ3v) is 4.32. The minimum atomic E-state index is -0.548. The number of ketones is 1. The lowest BCUT2D eigenvalue weighted by atomic mass is 9.90. The van der Waals surface area contributed by atoms with Crippen molar-refractivity contribution in [1.82, 2.24) is 20.1 Å². The van der Waals surface area contributed by atoms with E-state index in [0.717, 1.165) is 4.90 Å². The summed E-state index contributed by atoms with van der Waals surface area (Å²) in [5, 5.41) is 2.38. The molecule has 2 saturated heterocycles. The van der Waals surface area contributed by atoms with Crippen LogP contribution in [0.2, 0.25) is 0 Å². The standard InChI is InChI=1S/C16H18N4O4/c21-13-8-18-16(24)20(13)10-14(22)19-6-2-4-12(9-19)15(23)11-3-1-5-17-7-11/h1,3,5,7,12H,2,4,6,8-10H2,(H,18,24)/t12-/m0/s1. The van der Waals surface area contributed by atoms with Gasteiger partial charge in [0.2, 0.25) is 5.91 Å². The molecule has 0 radical (unpaired) electrons. The van der Waals surface area contributed by atoms with Crippen LogP contribution in [0, 0.1) is 5.92 Å². The number of imide groups is 1. The van der Waals surface area contributed by atoms with E-state index in [0.29, 0.717) is 31.5 Å². The van der Waals surface area contributed by atoms with Crippen molar-refractivity contribution in [3.8, 4) is 0 Å². The number of Topliss-reactive ketones (excluding diaryl/α,β-unsaturated/α-hetero) is 1. The van der Waals surface area contributed by atoms with Gasteiger partial charge in [-0.25, -0.2) is 4.79 Å². The number of aromatic nitrogens is 1. The van der Waals surface area contributed by atoms with Crippen molar-refractivity contribution in [2.75, 3.05) is 26.2 Å². The van der Waals surface area contributed by atoms with Gasteiger partial charge < -0.3 is 10.2 Å². The number of rotatable bonds is 4. The fourth-order valence-corrected chi connectivity index (χ4v) is 3.01. The summed E-state index contributed by atoms with van der Waals surface area (Å²) in [5.41, 5.74) is 0.533. The Morgan fingerprint density at radius 1 is 1.33 bits per heavy atom. The molecule has 2 aliphatic rings. The normalized spacial score (nSPS) is 20.9. The van der Waals surface area contributed by atoms with Gasteiger partial charge in [-0.1, -0.05) is 0 Å². The molecular weight excluding hydrogens is 312 g/mol. The molecule has 2 fully saturated rings. The summed E-state index contributed by atoms with van der Waals surface area (Å²) in [6.07, 6.45) is 4.55. The highest BCUT2D eigenvalue weighted by Gasteiger charge is 2.34. The maximum atomic E-state index is 12.5. The zero-order valence-electron chi connectivity index (χ0n) is 13.1. The first kappa shape index (κ1) is 16.1. The first-order chi connectivity index (χ1) is 11.6. The summed E-state index contributed by atoms with van der Waals surface area (Å²) in [5.74, 6) is -1.04. The highest BCUT2D eigenvalue weighted by molar-refractivity contribution is 6.04. The Kier molecular flexibility index (Phi) is 4.54. The van der Waals surface area contributed by atoms with Crippen LogP contribution in [-0.4, -0.2) is 64.6 Å². The Labute approximate surface area is 138 Å². The average molecular weight is 330 g/mol. The quantitative estimate of drug-likeness (QED) is 0.621. The molecule has 1 aromatic rings. The van der Waals surface area contributed by atoms with E-state index in [1.807, 2.05) is 0 Å². The van der Waals surface area contributed by atoms with Gasteiger partial charge in [0.05, 0.1) is 6.54 Å². The third kappa shape index (κ3) is 3.27. The molecule has 0 bridgehead atoms. The van der Waals surface area contributed by atoms with Crippen molar-refractivity contribution < 1.29 is 19.2 Å². The van der Waals surface area contributed by atoms with Crippen molar-refractivity contribution in [2.45, 2.75) is 12.8 Å². The molecule has 1 atom stereocenters. The number of amides is 4. The van der Waals surface area contributed by atoms with E-state index in [9.17, 15) is 19.2 Å². The fourth-order valence-electron chi connectivity index (χ4n) is 3.01. The van der Waals surface area contributed by atoms with Crippen molar-refractivity contribution in [3.63, 3.8) is 0 Å². The second-order valence-corrected chi connectivity index (χ2v) is 5.92. The second kappa shape index (κ2) is 6.77. The number of likely N-dealkylation sites (tertiary alicyclic amines) is 1. The van der Waals surface area contributed by atoms with E-state index >= 15 is 0 Å². The van der Waals surface area contributed by atoms with Gasteiger partial charge in [0.15, 0.2) is 5.78 Å². The summed E-state index contributed by atoms with van der Waals surface area (Å²) in [7, 11) is 0. The highest BCUT2D eigenvalue weighted by atomic mass is 16.2. The molecule has 3 heterocycles. The number of hydrogen-bond donors (Lipinski definition) is 1. The molecule has 8 heteroatoms. The molecular formula is C16H18N4O4. The first-order valence-corrected chi connectivity index (χ1v) is 7.86. The van der Waals surface area contributed by atoms with E-state index in [4.69, 9.17) is 0 Å². The van der Waals surface area contributed by atoms with Crippen molar-refractivity contribution >= 4 is 23.6 Å². The van der Waals surface area contributed by atoms with Crippen LogP contribution in [0.1, 0.15) is 23.2 Å². The maximum absolute atomic E-state index is 12.5. The monoisotopic (exact) mass is 330 g/mol. The zero-order chi connectivity index (χ0) is 17.1. The molecule has 0 aliphatic carbocycles. The Hall–Kier alpha value is -2.77. The lowest BCUT2D eigenvalue weighted by molar-refractivity contribution is -0.137. The van der Waals surface area contributed by atoms with Crippen LogP contribution in [0.25, 0.3) is 0 Å². The molecule has 0 spiro atoms. The minimum Gasteiger partial charge on any atom is -0.340 e. The second-order valence-electron chi connectivity index (χ2n) is 5.92. The lowest BCUT2D eigenvalue weighted by Gasteiger charge is -2.32. The predicted octanol–water partition coefficient (Wildman–Crippen LogP) is 0.0547. The summed E-state index contributed by atoms with van der Waals surface area (Å²) < 4.78 is 0. The van der Waals surface area contributed by atoms with Gasteiger partial charge in [0.1, 0.15) is 6.54 Å². The van der Waals surface area contributed by atoms with Crippen LogP contribution in [0.3, 0.4) is 0 Å². The van der Waals surface area contributed by atoms with Crippen molar-refractivity contribution in [2.24, 2.45) is 5.92 Å². The minimum absolute atomic E-state index is 0.0319. The maximum Gasteiger partial charge on any atom is 0.325 e. The fraction of sp³-hybridized carbons (Fsp3) is 0.438. The summed E-state index contributed by atoms with van der Waals surface area (Å²) in [6.45, 7) is 0.474. The van der Waals surface area contributed by atoms with Gasteiger partial charge >= 0.3 is 6.03 Å². The molecule has 2 aliphatic heterocycles. The Morgan fingerprint density at radius 3 is 2.83 bits per heavy atom. The number of carbonyl (C=O) groups excluding carboxylic acids is 4. The smallest absolute Gasteiger partial charge is 0.325 e. The average Bonchev–Trinajstić information content (AvgIpc) is 2.94. The number of nitrogens with zero attached hydrogens (tertiary/aromatic N) is 3. The number of nitrogens with one attached hydrogen (secondary N) is 1. The number of pyridine rings is 1. The van der Waals surface area contributed by atoms with Gasteiger partial charge in [0, 0.05) is 37.0 Å². The Bertz CT molecular complexity index is 660. The van der Waals surface area contributed by atoms with Crippen LogP contribution in [0.5, 0.6) is 0 Å². The largest absolute Gasteiger partial charge is 0.340 e. The van der Waals surface area contributed by atoms with Crippen LogP contribution in [-0.2, 0) is 9.59 Å². The Balaban J connectivity index is 1.63. The van der Waals surface area contributed by atoms with Crippen molar-refractivity contribution in [3.05, 3.63) is 30.1 Å². The van der Waals surface area contributed by atoms with Crippen molar-refractivity contribution in [1.29, 1.82) is 0 Å². The van der Waals surface area contributed by atoms with E-state index in [2.05, 4.69) is 10.3 Å². The van der Waals surface area contributed by atoms with E-state index in [-0.39, 0.29) is 30.7 Å². The van der Waals surface area contributed by atoms with Crippen LogP contribution in [0.15, 0.2) is 24.5 Å². The number of piperidine rings is 1. The van der Waals surface area contributed by atoms with Crippen LogP contribution < -0.4 is 5.32 Å². The van der Waals surface area contributed by atoms with E-state index in [1.165, 1.54) is 6.20 Å². The lowest BCUT2D eigenvalue weighted by Crippen LogP contribution is -2.47. The predicted molar refractivity (Wildman–Crippen MR) is 83.0 cm³/mol. The molecule has 0 aromatic carbocycles. The Morgan fingerprint density at radius 2 is 2.17 bits per heavy atom. The summed E-state index contributed by atoms with van der Waals surface area (Å²) in [6, 6.07) is 2.87. The molecule has 0 unspecified atom stereocenters. The molecule has 8 nitrogen and oxygen atoms in total. The molecule has 3 rings (SSSR count). The zero-order valence-corrected chi connectivity index (χ0v) is 13.1. The topological polar surface area (TPSA) is 99.7 Å². The van der Waals surface area contributed by atoms with Gasteiger partial charge in [-0.15, -0.1) is 0 Å². The molecule has 126 valence electrons. The van der Waals surface area contributed by atoms with Crippen LogP contribution in [0.4, 0.5) is 4.79 Å². The molecule has 24 heavy (non-hydrogen) atoms. The first-order valence-electron chi connectivity index (χ1n) is 7.86. The highest BCUT2D eigenvalue weighted by Crippen LogP contribution is 2.21. The summed E-state index contributed by atoms with van der Waals surface area (Å²) in [4.78, 5) is 54.4.